The summed E-state index contributed by atoms with van der Waals surface area (Å²) in [6, 6.07) is 15.3. The van der Waals surface area contributed by atoms with Crippen LogP contribution in [0.15, 0.2) is 59.5 Å². The van der Waals surface area contributed by atoms with Crippen LogP contribution >= 0.6 is 0 Å². The molecule has 0 fully saturated rings. The number of carbonyl (C=O) groups excluding carboxylic acids is 1. The van der Waals surface area contributed by atoms with Crippen molar-refractivity contribution in [3.05, 3.63) is 87.5 Å². The average Bonchev–Trinajstić information content (AvgIpc) is 3.40. The van der Waals surface area contributed by atoms with Crippen LogP contribution in [0.25, 0.3) is 11.0 Å². The van der Waals surface area contributed by atoms with Crippen LogP contribution < -0.4 is 15.9 Å². The van der Waals surface area contributed by atoms with Crippen LogP contribution in [-0.4, -0.2) is 27.5 Å². The van der Waals surface area contributed by atoms with Crippen molar-refractivity contribution in [3.8, 4) is 0 Å². The summed E-state index contributed by atoms with van der Waals surface area (Å²) < 4.78 is 7.00. The summed E-state index contributed by atoms with van der Waals surface area (Å²) in [4.78, 5) is 33.6. The highest BCUT2D eigenvalue weighted by molar-refractivity contribution is 5.97. The molecule has 1 aliphatic heterocycles. The number of fused-ring (bicyclic) bond motifs is 2. The highest BCUT2D eigenvalue weighted by atomic mass is 16.5. The first-order valence-corrected chi connectivity index (χ1v) is 10.3. The Bertz CT molecular complexity index is 1370. The van der Waals surface area contributed by atoms with E-state index in [1.165, 1.54) is 15.7 Å². The standard InChI is InChI=1S/C24H23N5O3/c1-28(19-6-4-17-13-32-14-18(17)9-19)22-8-3-15(11-25-22)12-26-23(30)16-5-7-21-20(10-16)27-24(31)29(21)2/h3-11H,12-14H2,1-2H3,(H,26,30)(H,27,31). The number of nitrogens with one attached hydrogen (secondary N) is 2. The van der Waals surface area contributed by atoms with Crippen molar-refractivity contribution in [2.75, 3.05) is 11.9 Å². The molecule has 3 heterocycles. The van der Waals surface area contributed by atoms with Crippen LogP contribution in [0, 0.1) is 0 Å². The molecule has 0 saturated heterocycles. The summed E-state index contributed by atoms with van der Waals surface area (Å²) in [5.41, 5.74) is 6.07. The molecule has 5 rings (SSSR count). The number of nitrogens with zero attached hydrogens (tertiary/aromatic N) is 3. The molecule has 8 nitrogen and oxygen atoms in total. The van der Waals surface area contributed by atoms with Gasteiger partial charge in [-0.2, -0.15) is 0 Å². The minimum atomic E-state index is -0.210. The molecule has 1 amide bonds. The van der Waals surface area contributed by atoms with Gasteiger partial charge in [0, 0.05) is 38.1 Å². The lowest BCUT2D eigenvalue weighted by Crippen LogP contribution is -2.23. The number of aromatic nitrogens is 3. The van der Waals surface area contributed by atoms with E-state index >= 15 is 0 Å². The number of imidazole rings is 1. The molecule has 0 unspecified atom stereocenters. The maximum Gasteiger partial charge on any atom is 0.326 e. The molecule has 2 aromatic carbocycles. The highest BCUT2D eigenvalue weighted by Crippen LogP contribution is 2.28. The summed E-state index contributed by atoms with van der Waals surface area (Å²) in [7, 11) is 3.67. The van der Waals surface area contributed by atoms with Gasteiger partial charge in [-0.15, -0.1) is 0 Å². The molecule has 0 saturated carbocycles. The van der Waals surface area contributed by atoms with E-state index in [2.05, 4.69) is 33.5 Å². The lowest BCUT2D eigenvalue weighted by atomic mass is 10.1. The van der Waals surface area contributed by atoms with E-state index < -0.39 is 0 Å². The first-order valence-electron chi connectivity index (χ1n) is 10.3. The molecule has 2 N–H and O–H groups in total. The third-order valence-corrected chi connectivity index (χ3v) is 5.86. The Labute approximate surface area is 184 Å². The van der Waals surface area contributed by atoms with Gasteiger partial charge in [-0.05, 0) is 53.1 Å². The zero-order valence-electron chi connectivity index (χ0n) is 17.9. The van der Waals surface area contributed by atoms with Crippen molar-refractivity contribution in [2.24, 2.45) is 7.05 Å². The number of aromatic amines is 1. The van der Waals surface area contributed by atoms with Crippen molar-refractivity contribution in [1.29, 1.82) is 0 Å². The van der Waals surface area contributed by atoms with Crippen LogP contribution in [0.2, 0.25) is 0 Å². The first-order chi connectivity index (χ1) is 15.5. The molecule has 0 radical (unpaired) electrons. The number of amides is 1. The summed E-state index contributed by atoms with van der Waals surface area (Å²) >= 11 is 0. The Hall–Kier alpha value is -3.91. The maximum atomic E-state index is 12.6. The van der Waals surface area contributed by atoms with Crippen molar-refractivity contribution >= 4 is 28.4 Å². The minimum absolute atomic E-state index is 0.207. The number of rotatable bonds is 5. The summed E-state index contributed by atoms with van der Waals surface area (Å²) in [6.45, 7) is 1.68. The molecular weight excluding hydrogens is 406 g/mol. The number of anilines is 2. The topological polar surface area (TPSA) is 92.3 Å². The van der Waals surface area contributed by atoms with Crippen LogP contribution in [0.1, 0.15) is 27.0 Å². The van der Waals surface area contributed by atoms with Crippen molar-refractivity contribution in [2.45, 2.75) is 19.8 Å². The molecule has 0 spiro atoms. The van der Waals surface area contributed by atoms with E-state index in [0.717, 1.165) is 22.6 Å². The largest absolute Gasteiger partial charge is 0.372 e. The van der Waals surface area contributed by atoms with E-state index in [1.54, 1.807) is 31.4 Å². The van der Waals surface area contributed by atoms with E-state index in [-0.39, 0.29) is 11.6 Å². The zero-order valence-corrected chi connectivity index (χ0v) is 17.9. The third kappa shape index (κ3) is 3.65. The average molecular weight is 429 g/mol. The fourth-order valence-electron chi connectivity index (χ4n) is 3.88. The van der Waals surface area contributed by atoms with Crippen molar-refractivity contribution in [1.82, 2.24) is 19.9 Å². The van der Waals surface area contributed by atoms with Crippen LogP contribution in [0.4, 0.5) is 11.5 Å². The van der Waals surface area contributed by atoms with Gasteiger partial charge in [0.25, 0.3) is 5.91 Å². The van der Waals surface area contributed by atoms with Gasteiger partial charge in [-0.3, -0.25) is 9.36 Å². The second-order valence-electron chi connectivity index (χ2n) is 7.93. The number of H-pyrrole nitrogens is 1. The van der Waals surface area contributed by atoms with Crippen LogP contribution in [-0.2, 0) is 31.5 Å². The van der Waals surface area contributed by atoms with Gasteiger partial charge >= 0.3 is 5.69 Å². The molecule has 2 aromatic heterocycles. The Balaban J connectivity index is 1.24. The number of benzene rings is 2. The van der Waals surface area contributed by atoms with Gasteiger partial charge in [0.15, 0.2) is 0 Å². The Kier molecular flexibility index (Phi) is 4.99. The predicted molar refractivity (Wildman–Crippen MR) is 122 cm³/mol. The number of pyridine rings is 1. The van der Waals surface area contributed by atoms with E-state index in [4.69, 9.17) is 4.74 Å². The van der Waals surface area contributed by atoms with Gasteiger partial charge < -0.3 is 19.9 Å². The lowest BCUT2D eigenvalue weighted by molar-refractivity contribution is 0.0951. The number of ether oxygens (including phenoxy) is 1. The van der Waals surface area contributed by atoms with E-state index in [9.17, 15) is 9.59 Å². The molecule has 4 aromatic rings. The first kappa shape index (κ1) is 20.0. The van der Waals surface area contributed by atoms with Gasteiger partial charge in [-0.25, -0.2) is 9.78 Å². The molecule has 8 heteroatoms. The molecule has 0 atom stereocenters. The maximum absolute atomic E-state index is 12.6. The van der Waals surface area contributed by atoms with E-state index in [0.29, 0.717) is 30.8 Å². The fraction of sp³-hybridized carbons (Fsp3) is 0.208. The second-order valence-corrected chi connectivity index (χ2v) is 7.93. The quantitative estimate of drug-likeness (QED) is 0.509. The van der Waals surface area contributed by atoms with Crippen LogP contribution in [0.5, 0.6) is 0 Å². The monoisotopic (exact) mass is 429 g/mol. The Morgan fingerprint density at radius 2 is 2.00 bits per heavy atom. The van der Waals surface area contributed by atoms with Gasteiger partial charge in [-0.1, -0.05) is 12.1 Å². The zero-order chi connectivity index (χ0) is 22.2. The normalized spacial score (nSPS) is 12.7. The fourth-order valence-corrected chi connectivity index (χ4v) is 3.88. The molecular formula is C24H23N5O3. The van der Waals surface area contributed by atoms with Crippen molar-refractivity contribution in [3.63, 3.8) is 0 Å². The van der Waals surface area contributed by atoms with E-state index in [1.807, 2.05) is 24.1 Å². The lowest BCUT2D eigenvalue weighted by Gasteiger charge is -2.19. The smallest absolute Gasteiger partial charge is 0.326 e. The summed E-state index contributed by atoms with van der Waals surface area (Å²) in [5.74, 6) is 0.607. The number of carbonyl (C=O) groups is 1. The molecule has 0 bridgehead atoms. The minimum Gasteiger partial charge on any atom is -0.372 e. The molecule has 32 heavy (non-hydrogen) atoms. The Morgan fingerprint density at radius 1 is 1.16 bits per heavy atom. The van der Waals surface area contributed by atoms with Crippen molar-refractivity contribution < 1.29 is 9.53 Å². The molecule has 1 aliphatic rings. The highest BCUT2D eigenvalue weighted by Gasteiger charge is 2.14. The molecule has 0 aliphatic carbocycles. The number of hydrogen-bond donors (Lipinski definition) is 2. The van der Waals surface area contributed by atoms with Gasteiger partial charge in [0.2, 0.25) is 0 Å². The van der Waals surface area contributed by atoms with Gasteiger partial charge in [0.1, 0.15) is 5.82 Å². The SMILES string of the molecule is CN(c1ccc2c(c1)COC2)c1ccc(CNC(=O)c2ccc3c(c2)[nH]c(=O)n3C)cn1. The van der Waals surface area contributed by atoms with Gasteiger partial charge in [0.05, 0.1) is 24.2 Å². The summed E-state index contributed by atoms with van der Waals surface area (Å²) in [5, 5.41) is 2.90. The van der Waals surface area contributed by atoms with Crippen LogP contribution in [0.3, 0.4) is 0 Å². The predicted octanol–water partition coefficient (Wildman–Crippen LogP) is 2.99. The second kappa shape index (κ2) is 7.97. The number of hydrogen-bond acceptors (Lipinski definition) is 5. The molecule has 162 valence electrons. The summed E-state index contributed by atoms with van der Waals surface area (Å²) in [6.07, 6.45) is 1.76. The Morgan fingerprint density at radius 3 is 2.81 bits per heavy atom. The third-order valence-electron chi connectivity index (χ3n) is 5.86. The number of aryl methyl sites for hydroxylation is 1.